The number of likely N-dealkylation sites (tertiary alicyclic amines) is 1. The summed E-state index contributed by atoms with van der Waals surface area (Å²) in [6, 6.07) is 1.06. The lowest BCUT2D eigenvalue weighted by Crippen LogP contribution is -2.48. The van der Waals surface area contributed by atoms with E-state index in [1.165, 1.54) is 24.9 Å². The molecule has 0 spiro atoms. The van der Waals surface area contributed by atoms with E-state index in [4.69, 9.17) is 4.74 Å². The summed E-state index contributed by atoms with van der Waals surface area (Å²) in [5.41, 5.74) is 1.36. The summed E-state index contributed by atoms with van der Waals surface area (Å²) in [6.45, 7) is 9.74. The molecule has 6 heteroatoms. The molecule has 0 radical (unpaired) electrons. The van der Waals surface area contributed by atoms with Gasteiger partial charge in [0.25, 0.3) is 0 Å². The van der Waals surface area contributed by atoms with Crippen LogP contribution in [-0.2, 0) is 11.8 Å². The maximum Gasteiger partial charge on any atom is 0.0594 e. The van der Waals surface area contributed by atoms with Crippen molar-refractivity contribution in [3.05, 3.63) is 18.0 Å². The number of piperidine rings is 1. The first kappa shape index (κ1) is 18.8. The first-order chi connectivity index (χ1) is 12.0. The third kappa shape index (κ3) is 4.82. The van der Waals surface area contributed by atoms with Crippen LogP contribution in [0.2, 0.25) is 0 Å². The van der Waals surface area contributed by atoms with Gasteiger partial charge in [0.15, 0.2) is 0 Å². The number of hydrogen-bond acceptors (Lipinski definition) is 5. The van der Waals surface area contributed by atoms with Crippen molar-refractivity contribution in [2.45, 2.75) is 31.8 Å². The molecule has 0 bridgehead atoms. The lowest BCUT2D eigenvalue weighted by Gasteiger charge is -2.42. The lowest BCUT2D eigenvalue weighted by molar-refractivity contribution is 0.0215. The molecule has 2 aliphatic rings. The zero-order valence-electron chi connectivity index (χ0n) is 16.4. The zero-order chi connectivity index (χ0) is 17.8. The van der Waals surface area contributed by atoms with E-state index in [1.54, 1.807) is 0 Å². The van der Waals surface area contributed by atoms with Gasteiger partial charge in [-0.3, -0.25) is 14.5 Å². The molecule has 1 unspecified atom stereocenters. The summed E-state index contributed by atoms with van der Waals surface area (Å²) in [6.07, 6.45) is 6.84. The van der Waals surface area contributed by atoms with Gasteiger partial charge in [-0.05, 0) is 46.3 Å². The lowest BCUT2D eigenvalue weighted by atomic mass is 9.85. The van der Waals surface area contributed by atoms with Gasteiger partial charge in [-0.15, -0.1) is 0 Å². The third-order valence-corrected chi connectivity index (χ3v) is 5.97. The van der Waals surface area contributed by atoms with Gasteiger partial charge in [0.1, 0.15) is 0 Å². The number of rotatable bonds is 6. The van der Waals surface area contributed by atoms with Crippen LogP contribution >= 0.6 is 0 Å². The van der Waals surface area contributed by atoms with Crippen LogP contribution in [0.15, 0.2) is 12.4 Å². The Kier molecular flexibility index (Phi) is 6.49. The van der Waals surface area contributed by atoms with Crippen LogP contribution in [-0.4, -0.2) is 90.6 Å². The standard InChI is InChI=1S/C19H35N5O/c1-16(13-24-8-10-25-11-9-24)22(3)14-17-6-5-7-21(2)19(17)18-12-20-23(4)15-18/h12,15-17,19H,5-11,13-14H2,1-4H3/t16?,17-,19+/m0/s1. The van der Waals surface area contributed by atoms with Crippen molar-refractivity contribution < 1.29 is 4.74 Å². The maximum atomic E-state index is 5.47. The summed E-state index contributed by atoms with van der Waals surface area (Å²) in [7, 11) is 6.57. The van der Waals surface area contributed by atoms with Gasteiger partial charge in [-0.25, -0.2) is 0 Å². The quantitative estimate of drug-likeness (QED) is 0.777. The monoisotopic (exact) mass is 349 g/mol. The van der Waals surface area contributed by atoms with Crippen molar-refractivity contribution in [2.24, 2.45) is 13.0 Å². The van der Waals surface area contributed by atoms with Crippen molar-refractivity contribution in [3.8, 4) is 0 Å². The molecule has 1 aromatic rings. The predicted molar refractivity (Wildman–Crippen MR) is 101 cm³/mol. The van der Waals surface area contributed by atoms with E-state index >= 15 is 0 Å². The van der Waals surface area contributed by atoms with Gasteiger partial charge in [0.2, 0.25) is 0 Å². The Labute approximate surface area is 152 Å². The Bertz CT molecular complexity index is 528. The molecule has 142 valence electrons. The van der Waals surface area contributed by atoms with Crippen LogP contribution in [0, 0.1) is 5.92 Å². The van der Waals surface area contributed by atoms with Gasteiger partial charge >= 0.3 is 0 Å². The number of ether oxygens (including phenoxy) is 1. The summed E-state index contributed by atoms with van der Waals surface area (Å²) in [5, 5.41) is 4.41. The molecule has 1 aromatic heterocycles. The van der Waals surface area contributed by atoms with E-state index in [-0.39, 0.29) is 0 Å². The topological polar surface area (TPSA) is 36.8 Å². The first-order valence-corrected chi connectivity index (χ1v) is 9.73. The Morgan fingerprint density at radius 1 is 1.28 bits per heavy atom. The van der Waals surface area contributed by atoms with Crippen LogP contribution in [0.4, 0.5) is 0 Å². The third-order valence-electron chi connectivity index (χ3n) is 5.97. The number of likely N-dealkylation sites (N-methyl/N-ethyl adjacent to an activating group) is 1. The molecule has 0 N–H and O–H groups in total. The van der Waals surface area contributed by atoms with Crippen LogP contribution < -0.4 is 0 Å². The van der Waals surface area contributed by atoms with Crippen molar-refractivity contribution in [1.82, 2.24) is 24.5 Å². The van der Waals surface area contributed by atoms with Crippen molar-refractivity contribution in [3.63, 3.8) is 0 Å². The predicted octanol–water partition coefficient (Wildman–Crippen LogP) is 1.46. The molecule has 0 amide bonds. The molecular weight excluding hydrogens is 314 g/mol. The van der Waals surface area contributed by atoms with Gasteiger partial charge in [-0.2, -0.15) is 5.10 Å². The van der Waals surface area contributed by atoms with E-state index in [2.05, 4.69) is 53.2 Å². The molecule has 3 heterocycles. The molecule has 3 rings (SSSR count). The molecule has 2 fully saturated rings. The fourth-order valence-corrected chi connectivity index (χ4v) is 4.42. The highest BCUT2D eigenvalue weighted by molar-refractivity contribution is 5.13. The second-order valence-electron chi connectivity index (χ2n) is 7.98. The summed E-state index contributed by atoms with van der Waals surface area (Å²) in [5.74, 6) is 0.667. The molecule has 6 nitrogen and oxygen atoms in total. The summed E-state index contributed by atoms with van der Waals surface area (Å²) >= 11 is 0. The second-order valence-corrected chi connectivity index (χ2v) is 7.98. The largest absolute Gasteiger partial charge is 0.379 e. The number of aromatic nitrogens is 2. The van der Waals surface area contributed by atoms with Crippen LogP contribution in [0.1, 0.15) is 31.4 Å². The normalized spacial score (nSPS) is 27.7. The van der Waals surface area contributed by atoms with E-state index in [9.17, 15) is 0 Å². The van der Waals surface area contributed by atoms with Gasteiger partial charge in [0, 0.05) is 57.1 Å². The Morgan fingerprint density at radius 2 is 2.04 bits per heavy atom. The fourth-order valence-electron chi connectivity index (χ4n) is 4.42. The van der Waals surface area contributed by atoms with Crippen LogP contribution in [0.3, 0.4) is 0 Å². The SMILES string of the molecule is CC(CN1CCOCC1)N(C)C[C@@H]1CCCN(C)[C@H]1c1cnn(C)c1. The number of aryl methyl sites for hydroxylation is 1. The number of nitrogens with zero attached hydrogens (tertiary/aromatic N) is 5. The number of morpholine rings is 1. The van der Waals surface area contributed by atoms with E-state index in [0.717, 1.165) is 39.4 Å². The molecule has 0 aromatic carbocycles. The van der Waals surface area contributed by atoms with Crippen molar-refractivity contribution in [1.29, 1.82) is 0 Å². The van der Waals surface area contributed by atoms with E-state index < -0.39 is 0 Å². The Hall–Kier alpha value is -0.950. The van der Waals surface area contributed by atoms with E-state index in [0.29, 0.717) is 18.0 Å². The maximum absolute atomic E-state index is 5.47. The molecule has 3 atom stereocenters. The summed E-state index contributed by atoms with van der Waals surface area (Å²) < 4.78 is 7.40. The number of hydrogen-bond donors (Lipinski definition) is 0. The van der Waals surface area contributed by atoms with Crippen molar-refractivity contribution >= 4 is 0 Å². The molecular formula is C19H35N5O. The highest BCUT2D eigenvalue weighted by Crippen LogP contribution is 2.35. The first-order valence-electron chi connectivity index (χ1n) is 9.73. The molecule has 0 saturated carbocycles. The van der Waals surface area contributed by atoms with Gasteiger partial charge in [0.05, 0.1) is 19.4 Å². The Balaban J connectivity index is 1.60. The molecule has 25 heavy (non-hydrogen) atoms. The van der Waals surface area contributed by atoms with E-state index in [1.807, 2.05) is 11.7 Å². The smallest absolute Gasteiger partial charge is 0.0594 e. The molecule has 0 aliphatic carbocycles. The second kappa shape index (κ2) is 8.62. The average Bonchev–Trinajstić information content (AvgIpc) is 3.01. The molecule has 2 aliphatic heterocycles. The minimum atomic E-state index is 0.487. The average molecular weight is 350 g/mol. The minimum absolute atomic E-state index is 0.487. The van der Waals surface area contributed by atoms with Gasteiger partial charge in [-0.1, -0.05) is 0 Å². The fraction of sp³-hybridized carbons (Fsp3) is 0.842. The zero-order valence-corrected chi connectivity index (χ0v) is 16.4. The highest BCUT2D eigenvalue weighted by atomic mass is 16.5. The Morgan fingerprint density at radius 3 is 2.72 bits per heavy atom. The van der Waals surface area contributed by atoms with Gasteiger partial charge < -0.3 is 9.64 Å². The summed E-state index contributed by atoms with van der Waals surface area (Å²) in [4.78, 5) is 7.62. The van der Waals surface area contributed by atoms with Crippen LogP contribution in [0.5, 0.6) is 0 Å². The molecule has 2 saturated heterocycles. The minimum Gasteiger partial charge on any atom is -0.379 e. The van der Waals surface area contributed by atoms with Crippen LogP contribution in [0.25, 0.3) is 0 Å². The highest BCUT2D eigenvalue weighted by Gasteiger charge is 2.32. The van der Waals surface area contributed by atoms with Crippen molar-refractivity contribution in [2.75, 3.05) is 60.0 Å².